The highest BCUT2D eigenvalue weighted by atomic mass is 127. The summed E-state index contributed by atoms with van der Waals surface area (Å²) in [6.07, 6.45) is 0. The molecule has 0 saturated heterocycles. The van der Waals surface area contributed by atoms with E-state index in [1.54, 1.807) is 24.3 Å². The van der Waals surface area contributed by atoms with Crippen molar-refractivity contribution in [2.24, 2.45) is 0 Å². The summed E-state index contributed by atoms with van der Waals surface area (Å²) < 4.78 is 5.74. The molecule has 114 valence electrons. The lowest BCUT2D eigenvalue weighted by atomic mass is 10.2. The first-order valence-electron chi connectivity index (χ1n) is 6.56. The van der Waals surface area contributed by atoms with Crippen LogP contribution in [0.4, 0.5) is 11.4 Å². The van der Waals surface area contributed by atoms with Gasteiger partial charge in [0, 0.05) is 14.9 Å². The van der Waals surface area contributed by atoms with Gasteiger partial charge in [0.25, 0.3) is 0 Å². The van der Waals surface area contributed by atoms with Gasteiger partial charge in [0.15, 0.2) is 0 Å². The van der Waals surface area contributed by atoms with Crippen molar-refractivity contribution in [1.82, 2.24) is 0 Å². The molecule has 2 rings (SSSR count). The highest BCUT2D eigenvalue weighted by molar-refractivity contribution is 14.1. The molecule has 2 N–H and O–H groups in total. The predicted molar refractivity (Wildman–Crippen MR) is 94.1 cm³/mol. The van der Waals surface area contributed by atoms with Crippen LogP contribution in [0.15, 0.2) is 48.5 Å². The van der Waals surface area contributed by atoms with E-state index in [2.05, 4.69) is 38.0 Å². The molecule has 0 aromatic heterocycles. The van der Waals surface area contributed by atoms with E-state index in [0.717, 1.165) is 14.9 Å². The minimum atomic E-state index is -0.386. The van der Waals surface area contributed by atoms with Crippen molar-refractivity contribution in [3.8, 4) is 0 Å². The first kappa shape index (κ1) is 16.3. The first-order valence-corrected chi connectivity index (χ1v) is 7.64. The number of amides is 1. The lowest BCUT2D eigenvalue weighted by Crippen LogP contribution is -2.21. The van der Waals surface area contributed by atoms with Crippen molar-refractivity contribution in [3.63, 3.8) is 0 Å². The van der Waals surface area contributed by atoms with Gasteiger partial charge in [0.2, 0.25) is 5.91 Å². The quantitative estimate of drug-likeness (QED) is 0.587. The molecule has 0 aliphatic carbocycles. The lowest BCUT2D eigenvalue weighted by molar-refractivity contribution is -0.114. The van der Waals surface area contributed by atoms with Crippen LogP contribution in [0, 0.1) is 3.57 Å². The van der Waals surface area contributed by atoms with Crippen molar-refractivity contribution >= 4 is 45.8 Å². The maximum absolute atomic E-state index is 11.8. The number of anilines is 2. The molecule has 0 spiro atoms. The molecule has 0 aliphatic rings. The van der Waals surface area contributed by atoms with Crippen LogP contribution in [0.1, 0.15) is 10.4 Å². The minimum absolute atomic E-state index is 0.141. The second kappa shape index (κ2) is 7.79. The van der Waals surface area contributed by atoms with Crippen LogP contribution in [0.25, 0.3) is 0 Å². The largest absolute Gasteiger partial charge is 0.465 e. The fraction of sp³-hybridized carbons (Fsp3) is 0.125. The van der Waals surface area contributed by atoms with Gasteiger partial charge in [0.1, 0.15) is 0 Å². The Morgan fingerprint density at radius 2 is 1.59 bits per heavy atom. The fourth-order valence-electron chi connectivity index (χ4n) is 1.76. The van der Waals surface area contributed by atoms with Gasteiger partial charge in [-0.2, -0.15) is 0 Å². The average molecular weight is 410 g/mol. The molecule has 0 atom stereocenters. The molecule has 0 aliphatic heterocycles. The van der Waals surface area contributed by atoms with Gasteiger partial charge in [-0.1, -0.05) is 0 Å². The van der Waals surface area contributed by atoms with E-state index in [9.17, 15) is 9.59 Å². The van der Waals surface area contributed by atoms with Crippen LogP contribution < -0.4 is 10.6 Å². The maximum Gasteiger partial charge on any atom is 0.337 e. The molecule has 0 heterocycles. The molecule has 0 bridgehead atoms. The van der Waals surface area contributed by atoms with Crippen LogP contribution in [0.3, 0.4) is 0 Å². The molecule has 2 aromatic rings. The Bertz CT molecular complexity index is 654. The van der Waals surface area contributed by atoms with E-state index >= 15 is 0 Å². The summed E-state index contributed by atoms with van der Waals surface area (Å²) in [4.78, 5) is 23.2. The third kappa shape index (κ3) is 4.73. The van der Waals surface area contributed by atoms with Crippen molar-refractivity contribution in [3.05, 3.63) is 57.7 Å². The molecular formula is C16H15IN2O3. The standard InChI is InChI=1S/C16H15IN2O3/c1-22-16(21)11-2-6-13(7-3-11)18-10-15(20)19-14-8-4-12(17)5-9-14/h2-9,18H,10H2,1H3,(H,19,20). The summed E-state index contributed by atoms with van der Waals surface area (Å²) >= 11 is 2.21. The summed E-state index contributed by atoms with van der Waals surface area (Å²) in [5, 5.41) is 5.79. The summed E-state index contributed by atoms with van der Waals surface area (Å²) in [5.74, 6) is -0.527. The SMILES string of the molecule is COC(=O)c1ccc(NCC(=O)Nc2ccc(I)cc2)cc1. The van der Waals surface area contributed by atoms with Crippen LogP contribution in [-0.4, -0.2) is 25.5 Å². The molecule has 0 radical (unpaired) electrons. The first-order chi connectivity index (χ1) is 10.6. The average Bonchev–Trinajstić information content (AvgIpc) is 2.55. The highest BCUT2D eigenvalue weighted by Gasteiger charge is 2.05. The number of halogens is 1. The highest BCUT2D eigenvalue weighted by Crippen LogP contribution is 2.12. The molecule has 2 aromatic carbocycles. The van der Waals surface area contributed by atoms with Gasteiger partial charge >= 0.3 is 5.97 Å². The number of rotatable bonds is 5. The number of ether oxygens (including phenoxy) is 1. The molecule has 0 unspecified atom stereocenters. The number of esters is 1. The Labute approximate surface area is 142 Å². The second-order valence-electron chi connectivity index (χ2n) is 4.48. The van der Waals surface area contributed by atoms with E-state index < -0.39 is 0 Å². The third-order valence-electron chi connectivity index (χ3n) is 2.89. The van der Waals surface area contributed by atoms with Crippen LogP contribution in [0.5, 0.6) is 0 Å². The number of carbonyl (C=O) groups excluding carboxylic acids is 2. The van der Waals surface area contributed by atoms with Crippen LogP contribution in [0.2, 0.25) is 0 Å². The Morgan fingerprint density at radius 1 is 1.00 bits per heavy atom. The Hall–Kier alpha value is -2.09. The Balaban J connectivity index is 1.85. The number of benzene rings is 2. The summed E-state index contributed by atoms with van der Waals surface area (Å²) in [6.45, 7) is 0.142. The van der Waals surface area contributed by atoms with Gasteiger partial charge in [-0.25, -0.2) is 4.79 Å². The van der Waals surface area contributed by atoms with Crippen molar-refractivity contribution in [1.29, 1.82) is 0 Å². The van der Waals surface area contributed by atoms with E-state index in [0.29, 0.717) is 5.56 Å². The molecule has 0 saturated carbocycles. The predicted octanol–water partition coefficient (Wildman–Crippen LogP) is 3.13. The summed E-state index contributed by atoms with van der Waals surface area (Å²) in [5.41, 5.74) is 1.98. The zero-order chi connectivity index (χ0) is 15.9. The van der Waals surface area contributed by atoms with E-state index in [1.807, 2.05) is 24.3 Å². The zero-order valence-corrected chi connectivity index (χ0v) is 14.1. The molecule has 22 heavy (non-hydrogen) atoms. The van der Waals surface area contributed by atoms with Gasteiger partial charge < -0.3 is 15.4 Å². The van der Waals surface area contributed by atoms with Crippen LogP contribution >= 0.6 is 22.6 Å². The number of nitrogens with one attached hydrogen (secondary N) is 2. The van der Waals surface area contributed by atoms with Crippen molar-refractivity contribution < 1.29 is 14.3 Å². The smallest absolute Gasteiger partial charge is 0.337 e. The Morgan fingerprint density at radius 3 is 2.18 bits per heavy atom. The number of carbonyl (C=O) groups is 2. The minimum Gasteiger partial charge on any atom is -0.465 e. The summed E-state index contributed by atoms with van der Waals surface area (Å²) in [6, 6.07) is 14.3. The third-order valence-corrected chi connectivity index (χ3v) is 3.61. The van der Waals surface area contributed by atoms with E-state index in [1.165, 1.54) is 7.11 Å². The van der Waals surface area contributed by atoms with Crippen LogP contribution in [-0.2, 0) is 9.53 Å². The molecule has 1 amide bonds. The number of hydrogen-bond acceptors (Lipinski definition) is 4. The summed E-state index contributed by atoms with van der Waals surface area (Å²) in [7, 11) is 1.34. The van der Waals surface area contributed by atoms with Gasteiger partial charge in [-0.3, -0.25) is 4.79 Å². The molecule has 0 fully saturated rings. The number of hydrogen-bond donors (Lipinski definition) is 2. The molecule has 5 nitrogen and oxygen atoms in total. The van der Waals surface area contributed by atoms with E-state index in [4.69, 9.17) is 0 Å². The van der Waals surface area contributed by atoms with Gasteiger partial charge in [0.05, 0.1) is 19.2 Å². The Kier molecular flexibility index (Phi) is 5.76. The molecule has 6 heteroatoms. The van der Waals surface area contributed by atoms with Gasteiger partial charge in [-0.05, 0) is 71.1 Å². The maximum atomic E-state index is 11.8. The second-order valence-corrected chi connectivity index (χ2v) is 5.72. The normalized spacial score (nSPS) is 9.91. The number of methoxy groups -OCH3 is 1. The van der Waals surface area contributed by atoms with Gasteiger partial charge in [-0.15, -0.1) is 0 Å². The monoisotopic (exact) mass is 410 g/mol. The van der Waals surface area contributed by atoms with Crippen molar-refractivity contribution in [2.75, 3.05) is 24.3 Å². The van der Waals surface area contributed by atoms with Crippen molar-refractivity contribution in [2.45, 2.75) is 0 Å². The lowest BCUT2D eigenvalue weighted by Gasteiger charge is -2.08. The topological polar surface area (TPSA) is 67.4 Å². The molecular weight excluding hydrogens is 395 g/mol. The zero-order valence-electron chi connectivity index (χ0n) is 11.9. The fourth-order valence-corrected chi connectivity index (χ4v) is 2.12. The van der Waals surface area contributed by atoms with E-state index in [-0.39, 0.29) is 18.4 Å².